The minimum Gasteiger partial charge on any atom is -0.496 e. The number of carboxylic acid groups (broad SMARTS) is 1. The summed E-state index contributed by atoms with van der Waals surface area (Å²) in [6, 6.07) is 14.0. The maximum atomic E-state index is 14.2. The molecule has 42 heavy (non-hydrogen) atoms. The number of nitrogens with zero attached hydrogens (tertiary/aromatic N) is 4. The van der Waals surface area contributed by atoms with Crippen LogP contribution in [0.3, 0.4) is 0 Å². The second-order valence-corrected chi connectivity index (χ2v) is 11.5. The highest BCUT2D eigenvalue weighted by Crippen LogP contribution is 2.41. The lowest BCUT2D eigenvalue weighted by atomic mass is 10.1. The first kappa shape index (κ1) is 29.5. The van der Waals surface area contributed by atoms with Crippen molar-refractivity contribution in [1.29, 1.82) is 0 Å². The number of thioether (sulfide) groups is 1. The fraction of sp³-hybridized carbons (Fsp3) is 0.300. The fourth-order valence-electron chi connectivity index (χ4n) is 5.01. The monoisotopic (exact) mass is 612 g/mol. The Morgan fingerprint density at radius 3 is 2.57 bits per heavy atom. The quantitative estimate of drug-likeness (QED) is 0.214. The van der Waals surface area contributed by atoms with Gasteiger partial charge in [0.1, 0.15) is 23.7 Å². The van der Waals surface area contributed by atoms with Crippen LogP contribution in [0, 0.1) is 5.82 Å². The number of likely N-dealkylation sites (tertiary alicyclic amines) is 1. The standard InChI is InChI=1S/C30H30ClFN4O5S/c1-39-25-9-6-18(11-26(25)40-2)15-36(19-7-8-23(32)22(31)12-19)29-21-13-28(27(41-3)14-24(21)33-17-34-29)42-20-5-4-10-35(16-20)30(37)38/h6-9,11-14,17,20H,4-5,10,15-16H2,1-3H3,(H,37,38). The molecule has 3 aromatic carbocycles. The van der Waals surface area contributed by atoms with Gasteiger partial charge in [-0.3, -0.25) is 0 Å². The summed E-state index contributed by atoms with van der Waals surface area (Å²) in [5.41, 5.74) is 2.17. The number of aromatic nitrogens is 2. The Hall–Kier alpha value is -3.96. The second-order valence-electron chi connectivity index (χ2n) is 9.70. The molecule has 0 spiro atoms. The van der Waals surface area contributed by atoms with E-state index in [9.17, 15) is 14.3 Å². The molecule has 4 aromatic rings. The molecule has 1 N–H and O–H groups in total. The topological polar surface area (TPSA) is 97.3 Å². The molecule has 9 nitrogen and oxygen atoms in total. The Morgan fingerprint density at radius 1 is 1.07 bits per heavy atom. The fourth-order valence-corrected chi connectivity index (χ4v) is 6.52. The number of rotatable bonds is 9. The Labute approximate surface area is 252 Å². The van der Waals surface area contributed by atoms with Crippen LogP contribution in [0.5, 0.6) is 17.2 Å². The highest BCUT2D eigenvalue weighted by Gasteiger charge is 2.26. The molecule has 220 valence electrons. The van der Waals surface area contributed by atoms with Gasteiger partial charge in [-0.25, -0.2) is 19.2 Å². The predicted octanol–water partition coefficient (Wildman–Crippen LogP) is 7.02. The van der Waals surface area contributed by atoms with Crippen LogP contribution >= 0.6 is 23.4 Å². The Balaban J connectivity index is 1.60. The van der Waals surface area contributed by atoms with E-state index >= 15 is 0 Å². The van der Waals surface area contributed by atoms with E-state index in [0.29, 0.717) is 53.9 Å². The smallest absolute Gasteiger partial charge is 0.407 e. The van der Waals surface area contributed by atoms with Crippen LogP contribution in [0.4, 0.5) is 20.7 Å². The first-order valence-electron chi connectivity index (χ1n) is 13.2. The Bertz CT molecular complexity index is 1610. The van der Waals surface area contributed by atoms with Gasteiger partial charge < -0.3 is 29.1 Å². The summed E-state index contributed by atoms with van der Waals surface area (Å²) >= 11 is 7.80. The molecule has 2 heterocycles. The molecule has 1 unspecified atom stereocenters. The summed E-state index contributed by atoms with van der Waals surface area (Å²) in [6.45, 7) is 1.31. The highest BCUT2D eigenvalue weighted by molar-refractivity contribution is 8.00. The van der Waals surface area contributed by atoms with Crippen LogP contribution in [0.2, 0.25) is 5.02 Å². The van der Waals surface area contributed by atoms with E-state index in [1.807, 2.05) is 35.2 Å². The molecule has 0 saturated carbocycles. The third-order valence-electron chi connectivity index (χ3n) is 7.10. The molecule has 1 aliphatic heterocycles. The molecule has 0 bridgehead atoms. The van der Waals surface area contributed by atoms with Crippen LogP contribution in [0.25, 0.3) is 10.9 Å². The number of hydrogen-bond acceptors (Lipinski definition) is 8. The predicted molar refractivity (Wildman–Crippen MR) is 161 cm³/mol. The SMILES string of the molecule is COc1ccc(CN(c2ccc(F)c(Cl)c2)c2ncnc3cc(OC)c(SC4CCCN(C(=O)O)C4)cc23)cc1OC. The number of piperidine rings is 1. The lowest BCUT2D eigenvalue weighted by molar-refractivity contribution is 0.137. The summed E-state index contributed by atoms with van der Waals surface area (Å²) in [5, 5.41) is 10.3. The molecule has 0 aliphatic carbocycles. The molecular weight excluding hydrogens is 583 g/mol. The summed E-state index contributed by atoms with van der Waals surface area (Å²) < 4.78 is 30.8. The number of halogens is 2. The van der Waals surface area contributed by atoms with Gasteiger partial charge in [0.15, 0.2) is 11.5 Å². The normalized spacial score (nSPS) is 15.0. The van der Waals surface area contributed by atoms with Gasteiger partial charge in [0.2, 0.25) is 0 Å². The van der Waals surface area contributed by atoms with E-state index in [1.165, 1.54) is 17.3 Å². The molecule has 1 amide bonds. The molecule has 12 heteroatoms. The highest BCUT2D eigenvalue weighted by atomic mass is 35.5. The molecule has 5 rings (SSSR count). The van der Waals surface area contributed by atoms with Crippen LogP contribution in [-0.2, 0) is 6.54 Å². The van der Waals surface area contributed by atoms with Crippen molar-refractivity contribution in [3.8, 4) is 17.2 Å². The van der Waals surface area contributed by atoms with Crippen molar-refractivity contribution >= 4 is 51.9 Å². The van der Waals surface area contributed by atoms with Gasteiger partial charge in [-0.15, -0.1) is 11.8 Å². The minimum atomic E-state index is -0.912. The van der Waals surface area contributed by atoms with E-state index in [2.05, 4.69) is 9.97 Å². The number of hydrogen-bond donors (Lipinski definition) is 1. The summed E-state index contributed by atoms with van der Waals surface area (Å²) in [5.74, 6) is 1.87. The van der Waals surface area contributed by atoms with E-state index in [-0.39, 0.29) is 10.3 Å². The zero-order chi connectivity index (χ0) is 29.8. The maximum Gasteiger partial charge on any atom is 0.407 e. The minimum absolute atomic E-state index is 0.0126. The summed E-state index contributed by atoms with van der Waals surface area (Å²) in [4.78, 5) is 25.0. The van der Waals surface area contributed by atoms with Gasteiger partial charge in [0.05, 0.1) is 36.8 Å². The summed E-state index contributed by atoms with van der Waals surface area (Å²) in [7, 11) is 4.75. The van der Waals surface area contributed by atoms with Crippen molar-refractivity contribution in [3.05, 3.63) is 71.3 Å². The van der Waals surface area contributed by atoms with Crippen molar-refractivity contribution in [2.45, 2.75) is 29.5 Å². The van der Waals surface area contributed by atoms with Gasteiger partial charge in [-0.2, -0.15) is 0 Å². The van der Waals surface area contributed by atoms with Gasteiger partial charge >= 0.3 is 6.09 Å². The molecular formula is C30H30ClFN4O5S. The maximum absolute atomic E-state index is 14.2. The first-order chi connectivity index (χ1) is 20.3. The molecule has 1 aliphatic rings. The lowest BCUT2D eigenvalue weighted by Crippen LogP contribution is -2.40. The number of methoxy groups -OCH3 is 3. The number of benzene rings is 3. The molecule has 1 fully saturated rings. The van der Waals surface area contributed by atoms with E-state index in [0.717, 1.165) is 28.7 Å². The van der Waals surface area contributed by atoms with Crippen LogP contribution < -0.4 is 19.1 Å². The van der Waals surface area contributed by atoms with Crippen molar-refractivity contribution in [3.63, 3.8) is 0 Å². The summed E-state index contributed by atoms with van der Waals surface area (Å²) in [6.07, 6.45) is 2.24. The van der Waals surface area contributed by atoms with Crippen molar-refractivity contribution in [2.24, 2.45) is 0 Å². The van der Waals surface area contributed by atoms with Crippen molar-refractivity contribution < 1.29 is 28.5 Å². The second kappa shape index (κ2) is 12.9. The number of carbonyl (C=O) groups is 1. The van der Waals surface area contributed by atoms with Crippen molar-refractivity contribution in [1.82, 2.24) is 14.9 Å². The zero-order valence-corrected chi connectivity index (χ0v) is 24.9. The van der Waals surface area contributed by atoms with Gasteiger partial charge in [-0.05, 0) is 54.8 Å². The number of amides is 1. The average molecular weight is 613 g/mol. The molecule has 0 radical (unpaired) electrons. The van der Waals surface area contributed by atoms with E-state index in [4.69, 9.17) is 25.8 Å². The Morgan fingerprint density at radius 2 is 1.86 bits per heavy atom. The first-order valence-corrected chi connectivity index (χ1v) is 14.5. The van der Waals surface area contributed by atoms with E-state index < -0.39 is 11.9 Å². The molecule has 1 saturated heterocycles. The van der Waals surface area contributed by atoms with Crippen LogP contribution in [0.15, 0.2) is 59.8 Å². The van der Waals surface area contributed by atoms with Crippen LogP contribution in [0.1, 0.15) is 18.4 Å². The number of fused-ring (bicyclic) bond motifs is 1. The van der Waals surface area contributed by atoms with Gasteiger partial charge in [0.25, 0.3) is 0 Å². The zero-order valence-electron chi connectivity index (χ0n) is 23.3. The van der Waals surface area contributed by atoms with Crippen molar-refractivity contribution in [2.75, 3.05) is 39.3 Å². The van der Waals surface area contributed by atoms with E-state index in [1.54, 1.807) is 45.2 Å². The molecule has 1 atom stereocenters. The Kier molecular flexibility index (Phi) is 9.08. The number of ether oxygens (including phenoxy) is 3. The van der Waals surface area contributed by atoms with Gasteiger partial charge in [0, 0.05) is 42.0 Å². The lowest BCUT2D eigenvalue weighted by Gasteiger charge is -2.30. The third kappa shape index (κ3) is 6.27. The number of anilines is 2. The van der Waals surface area contributed by atoms with Crippen LogP contribution in [-0.4, -0.2) is 65.7 Å². The average Bonchev–Trinajstić information content (AvgIpc) is 3.00. The van der Waals surface area contributed by atoms with Gasteiger partial charge in [-0.1, -0.05) is 17.7 Å². The molecule has 1 aromatic heterocycles. The largest absolute Gasteiger partial charge is 0.496 e. The third-order valence-corrected chi connectivity index (χ3v) is 8.68.